The summed E-state index contributed by atoms with van der Waals surface area (Å²) in [4.78, 5) is 40.7. The molecule has 1 aromatic heterocycles. The zero-order valence-corrected chi connectivity index (χ0v) is 28.0. The standard InChI is InChI=1S/C39H38N2O9/c1-27-22-41(37(44)40-35(27)42)34-23-47-24-38(50-34,25-48-36(43)28-10-6-4-7-11-28)26-49-39(29-12-8-5-9-13-29,30-14-18-32(45-2)19-15-30)31-16-20-33(46-3)21-17-31/h4-22,34H,23-26H2,1-3H3,(H,40,42,44)/t34-,38+/m1/s1. The van der Waals surface area contributed by atoms with E-state index in [0.29, 0.717) is 22.6 Å². The number of rotatable bonds is 12. The highest BCUT2D eigenvalue weighted by Gasteiger charge is 2.46. The molecule has 1 fully saturated rings. The van der Waals surface area contributed by atoms with Gasteiger partial charge in [0.1, 0.15) is 23.7 Å². The fourth-order valence-electron chi connectivity index (χ4n) is 6.00. The average molecular weight is 679 g/mol. The van der Waals surface area contributed by atoms with Crippen LogP contribution < -0.4 is 20.7 Å². The Morgan fingerprint density at radius 1 is 0.820 bits per heavy atom. The highest BCUT2D eigenvalue weighted by atomic mass is 16.6. The summed E-state index contributed by atoms with van der Waals surface area (Å²) in [5.74, 6) is 0.777. The third-order valence-electron chi connectivity index (χ3n) is 8.67. The molecule has 50 heavy (non-hydrogen) atoms. The molecule has 0 unspecified atom stereocenters. The highest BCUT2D eigenvalue weighted by molar-refractivity contribution is 5.89. The molecule has 6 rings (SSSR count). The molecule has 2 atom stereocenters. The van der Waals surface area contributed by atoms with E-state index in [1.165, 1.54) is 10.8 Å². The van der Waals surface area contributed by atoms with Crippen molar-refractivity contribution in [1.82, 2.24) is 9.55 Å². The van der Waals surface area contributed by atoms with Gasteiger partial charge in [0, 0.05) is 11.8 Å². The average Bonchev–Trinajstić information content (AvgIpc) is 3.17. The second kappa shape index (κ2) is 15.0. The monoisotopic (exact) mass is 678 g/mol. The third kappa shape index (κ3) is 7.11. The summed E-state index contributed by atoms with van der Waals surface area (Å²) in [6.07, 6.45) is 0.448. The zero-order chi connectivity index (χ0) is 35.1. The van der Waals surface area contributed by atoms with E-state index >= 15 is 0 Å². The smallest absolute Gasteiger partial charge is 0.338 e. The van der Waals surface area contributed by atoms with Gasteiger partial charge in [0.25, 0.3) is 5.56 Å². The number of H-pyrrole nitrogens is 1. The Morgan fingerprint density at radius 3 is 1.96 bits per heavy atom. The predicted molar refractivity (Wildman–Crippen MR) is 185 cm³/mol. The number of carbonyl (C=O) groups is 1. The maximum Gasteiger partial charge on any atom is 0.338 e. The van der Waals surface area contributed by atoms with E-state index in [1.807, 2.05) is 78.9 Å². The number of hydrogen-bond donors (Lipinski definition) is 1. The second-order valence-corrected chi connectivity index (χ2v) is 12.0. The Balaban J connectivity index is 1.45. The fraction of sp³-hybridized carbons (Fsp3) is 0.256. The van der Waals surface area contributed by atoms with Gasteiger partial charge >= 0.3 is 11.7 Å². The summed E-state index contributed by atoms with van der Waals surface area (Å²) in [5.41, 5.74) is -0.736. The number of ether oxygens (including phenoxy) is 6. The lowest BCUT2D eigenvalue weighted by atomic mass is 9.79. The minimum atomic E-state index is -1.41. The van der Waals surface area contributed by atoms with E-state index in [1.54, 1.807) is 51.5 Å². The SMILES string of the molecule is COc1ccc(C(OC[C@@]2(COC(=O)c3ccccc3)COC[C@H](n3cc(C)c(=O)[nH]c3=O)O2)(c2ccccc2)c2ccc(OC)cc2)cc1. The molecule has 11 heteroatoms. The molecule has 0 saturated carbocycles. The molecule has 0 spiro atoms. The Bertz CT molecular complexity index is 1960. The van der Waals surface area contributed by atoms with Crippen molar-refractivity contribution >= 4 is 5.97 Å². The molecule has 1 N–H and O–H groups in total. The first kappa shape index (κ1) is 34.4. The van der Waals surface area contributed by atoms with Crippen molar-refractivity contribution in [2.24, 2.45) is 0 Å². The predicted octanol–water partition coefficient (Wildman–Crippen LogP) is 5.01. The molecule has 1 aliphatic heterocycles. The molecule has 258 valence electrons. The van der Waals surface area contributed by atoms with Crippen LogP contribution in [0.3, 0.4) is 0 Å². The zero-order valence-electron chi connectivity index (χ0n) is 28.0. The van der Waals surface area contributed by atoms with Crippen LogP contribution in [0.1, 0.15) is 38.8 Å². The van der Waals surface area contributed by atoms with E-state index in [4.69, 9.17) is 28.4 Å². The number of carbonyl (C=O) groups excluding carboxylic acids is 1. The van der Waals surface area contributed by atoms with Gasteiger partial charge in [-0.25, -0.2) is 9.59 Å². The molecule has 2 heterocycles. The lowest BCUT2D eigenvalue weighted by Crippen LogP contribution is -2.55. The minimum absolute atomic E-state index is 0.000556. The Kier molecular flexibility index (Phi) is 10.3. The molecule has 5 aromatic rings. The van der Waals surface area contributed by atoms with Gasteiger partial charge in [-0.15, -0.1) is 0 Å². The van der Waals surface area contributed by atoms with Crippen LogP contribution in [0.4, 0.5) is 0 Å². The van der Waals surface area contributed by atoms with Crippen molar-refractivity contribution in [3.63, 3.8) is 0 Å². The van der Waals surface area contributed by atoms with Crippen LogP contribution in [0.5, 0.6) is 11.5 Å². The van der Waals surface area contributed by atoms with Crippen LogP contribution in [0.2, 0.25) is 0 Å². The Hall–Kier alpha value is -5.49. The Morgan fingerprint density at radius 2 is 1.38 bits per heavy atom. The van der Waals surface area contributed by atoms with Crippen LogP contribution in [0.15, 0.2) is 125 Å². The first-order chi connectivity index (χ1) is 24.3. The summed E-state index contributed by atoms with van der Waals surface area (Å²) in [6.45, 7) is 1.13. The summed E-state index contributed by atoms with van der Waals surface area (Å²) < 4.78 is 38.0. The number of benzene rings is 4. The van der Waals surface area contributed by atoms with Crippen LogP contribution in [0, 0.1) is 6.92 Å². The van der Waals surface area contributed by atoms with Crippen molar-refractivity contribution in [2.45, 2.75) is 24.4 Å². The molecule has 0 bridgehead atoms. The summed E-state index contributed by atoms with van der Waals surface area (Å²) >= 11 is 0. The van der Waals surface area contributed by atoms with E-state index in [-0.39, 0.29) is 26.4 Å². The maximum absolute atomic E-state index is 13.2. The summed E-state index contributed by atoms with van der Waals surface area (Å²) in [7, 11) is 3.21. The number of aromatic amines is 1. The van der Waals surface area contributed by atoms with Crippen molar-refractivity contribution in [3.05, 3.63) is 164 Å². The minimum Gasteiger partial charge on any atom is -0.497 e. The molecular formula is C39H38N2O9. The maximum atomic E-state index is 13.2. The first-order valence-electron chi connectivity index (χ1n) is 16.1. The van der Waals surface area contributed by atoms with Gasteiger partial charge in [-0.05, 0) is 60.0 Å². The normalized spacial score (nSPS) is 17.5. The van der Waals surface area contributed by atoms with Gasteiger partial charge in [0.2, 0.25) is 0 Å². The number of aryl methyl sites for hydroxylation is 1. The lowest BCUT2D eigenvalue weighted by Gasteiger charge is -2.44. The molecule has 0 aliphatic carbocycles. The summed E-state index contributed by atoms with van der Waals surface area (Å²) in [5, 5.41) is 0. The van der Waals surface area contributed by atoms with Gasteiger partial charge in [0.05, 0.1) is 39.6 Å². The van der Waals surface area contributed by atoms with Crippen LogP contribution in [-0.2, 0) is 24.5 Å². The van der Waals surface area contributed by atoms with Crippen molar-refractivity contribution in [3.8, 4) is 11.5 Å². The molecule has 0 radical (unpaired) electrons. The van der Waals surface area contributed by atoms with Crippen LogP contribution in [-0.4, -0.2) is 61.8 Å². The lowest BCUT2D eigenvalue weighted by molar-refractivity contribution is -0.261. The van der Waals surface area contributed by atoms with E-state index < -0.39 is 34.6 Å². The number of nitrogens with one attached hydrogen (secondary N) is 1. The number of aromatic nitrogens is 2. The van der Waals surface area contributed by atoms with Gasteiger partial charge in [-0.3, -0.25) is 14.3 Å². The molecular weight excluding hydrogens is 640 g/mol. The third-order valence-corrected chi connectivity index (χ3v) is 8.67. The number of hydrogen-bond acceptors (Lipinski definition) is 9. The number of methoxy groups -OCH3 is 2. The fourth-order valence-corrected chi connectivity index (χ4v) is 6.00. The van der Waals surface area contributed by atoms with Crippen LogP contribution >= 0.6 is 0 Å². The van der Waals surface area contributed by atoms with Crippen LogP contribution in [0.25, 0.3) is 0 Å². The van der Waals surface area contributed by atoms with Crippen molar-refractivity contribution < 1.29 is 33.2 Å². The van der Waals surface area contributed by atoms with Gasteiger partial charge in [-0.1, -0.05) is 72.8 Å². The van der Waals surface area contributed by atoms with E-state index in [9.17, 15) is 14.4 Å². The van der Waals surface area contributed by atoms with E-state index in [2.05, 4.69) is 4.98 Å². The van der Waals surface area contributed by atoms with Crippen molar-refractivity contribution in [2.75, 3.05) is 40.6 Å². The number of nitrogens with zero attached hydrogens (tertiary/aromatic N) is 1. The molecule has 0 amide bonds. The quantitative estimate of drug-likeness (QED) is 0.143. The van der Waals surface area contributed by atoms with Gasteiger partial charge in [-0.2, -0.15) is 0 Å². The molecule has 4 aromatic carbocycles. The van der Waals surface area contributed by atoms with Gasteiger partial charge < -0.3 is 28.4 Å². The largest absolute Gasteiger partial charge is 0.497 e. The molecule has 1 aliphatic rings. The van der Waals surface area contributed by atoms with E-state index in [0.717, 1.165) is 16.7 Å². The topological polar surface area (TPSA) is 127 Å². The molecule has 1 saturated heterocycles. The number of esters is 1. The Labute approximate surface area is 288 Å². The summed E-state index contributed by atoms with van der Waals surface area (Å²) in [6, 6.07) is 33.5. The van der Waals surface area contributed by atoms with Crippen molar-refractivity contribution in [1.29, 1.82) is 0 Å². The first-order valence-corrected chi connectivity index (χ1v) is 16.1. The highest BCUT2D eigenvalue weighted by Crippen LogP contribution is 2.43. The molecule has 11 nitrogen and oxygen atoms in total. The van der Waals surface area contributed by atoms with Gasteiger partial charge in [0.15, 0.2) is 11.8 Å². The second-order valence-electron chi connectivity index (χ2n) is 12.0.